The molecule has 26 heavy (non-hydrogen) atoms. The largest absolute Gasteiger partial charge is 0.486 e. The van der Waals surface area contributed by atoms with Gasteiger partial charge in [0.1, 0.15) is 19.3 Å². The molecule has 3 heterocycles. The van der Waals surface area contributed by atoms with Crippen LogP contribution in [0.15, 0.2) is 18.2 Å². The Morgan fingerprint density at radius 2 is 1.96 bits per heavy atom. The number of amides is 3. The first-order chi connectivity index (χ1) is 12.7. The smallest absolute Gasteiger partial charge is 0.318 e. The number of benzene rings is 1. The van der Waals surface area contributed by atoms with E-state index in [2.05, 4.69) is 10.6 Å². The standard InChI is InChI=1S/C19H25N3O4/c23-18-14(4-1-2-8-20-18)21-19(24)22-9-3-5-15(22)13-6-7-16-17(12-13)26-11-10-25-16/h6-7,12,14-15H,1-5,8-11H2,(H,20,23)(H,21,24)/t14-,15-/m1/s1. The average molecular weight is 359 g/mol. The van der Waals surface area contributed by atoms with E-state index < -0.39 is 6.04 Å². The zero-order chi connectivity index (χ0) is 17.9. The van der Waals surface area contributed by atoms with Crippen molar-refractivity contribution < 1.29 is 19.1 Å². The van der Waals surface area contributed by atoms with E-state index in [9.17, 15) is 9.59 Å². The number of hydrogen-bond donors (Lipinski definition) is 2. The zero-order valence-corrected chi connectivity index (χ0v) is 14.8. The summed E-state index contributed by atoms with van der Waals surface area (Å²) < 4.78 is 11.2. The fourth-order valence-corrected chi connectivity index (χ4v) is 3.93. The van der Waals surface area contributed by atoms with Crippen molar-refractivity contribution in [1.29, 1.82) is 0 Å². The molecule has 3 amide bonds. The molecule has 7 heteroatoms. The van der Waals surface area contributed by atoms with E-state index in [1.54, 1.807) is 0 Å². The predicted octanol–water partition coefficient (Wildman–Crippen LogP) is 1.97. The van der Waals surface area contributed by atoms with Crippen molar-refractivity contribution >= 4 is 11.9 Å². The predicted molar refractivity (Wildman–Crippen MR) is 95.3 cm³/mol. The fourth-order valence-electron chi connectivity index (χ4n) is 3.93. The Morgan fingerprint density at radius 3 is 2.85 bits per heavy atom. The first-order valence-electron chi connectivity index (χ1n) is 9.47. The number of hydrogen-bond acceptors (Lipinski definition) is 4. The van der Waals surface area contributed by atoms with Gasteiger partial charge in [-0.15, -0.1) is 0 Å². The summed E-state index contributed by atoms with van der Waals surface area (Å²) in [4.78, 5) is 26.8. The summed E-state index contributed by atoms with van der Waals surface area (Å²) in [6.45, 7) is 2.49. The summed E-state index contributed by atoms with van der Waals surface area (Å²) in [5, 5.41) is 5.80. The molecular weight excluding hydrogens is 334 g/mol. The van der Waals surface area contributed by atoms with Gasteiger partial charge in [0.25, 0.3) is 0 Å². The summed E-state index contributed by atoms with van der Waals surface area (Å²) in [6.07, 6.45) is 4.45. The molecule has 0 spiro atoms. The van der Waals surface area contributed by atoms with Crippen LogP contribution in [-0.4, -0.2) is 49.2 Å². The first-order valence-corrected chi connectivity index (χ1v) is 9.47. The number of rotatable bonds is 2. The molecule has 7 nitrogen and oxygen atoms in total. The second-order valence-corrected chi connectivity index (χ2v) is 7.04. The second-order valence-electron chi connectivity index (χ2n) is 7.04. The van der Waals surface area contributed by atoms with Crippen molar-refractivity contribution in [3.8, 4) is 11.5 Å². The molecule has 0 radical (unpaired) electrons. The zero-order valence-electron chi connectivity index (χ0n) is 14.8. The number of urea groups is 1. The molecule has 0 aromatic heterocycles. The third kappa shape index (κ3) is 3.43. The van der Waals surface area contributed by atoms with Gasteiger partial charge in [-0.25, -0.2) is 4.79 Å². The van der Waals surface area contributed by atoms with Gasteiger partial charge < -0.3 is 25.0 Å². The Kier molecular flexibility index (Phi) is 4.86. The Labute approximate surface area is 153 Å². The number of ether oxygens (including phenoxy) is 2. The molecule has 0 unspecified atom stereocenters. The van der Waals surface area contributed by atoms with Gasteiger partial charge in [-0.3, -0.25) is 4.79 Å². The van der Waals surface area contributed by atoms with E-state index in [1.807, 2.05) is 23.1 Å². The molecule has 3 aliphatic rings. The minimum atomic E-state index is -0.438. The van der Waals surface area contributed by atoms with Gasteiger partial charge in [-0.05, 0) is 49.8 Å². The van der Waals surface area contributed by atoms with Crippen molar-refractivity contribution in [3.05, 3.63) is 23.8 Å². The highest BCUT2D eigenvalue weighted by molar-refractivity contribution is 5.87. The molecule has 0 bridgehead atoms. The molecular formula is C19H25N3O4. The number of fused-ring (bicyclic) bond motifs is 1. The van der Waals surface area contributed by atoms with E-state index in [0.29, 0.717) is 32.7 Å². The van der Waals surface area contributed by atoms with Crippen LogP contribution in [0.25, 0.3) is 0 Å². The van der Waals surface area contributed by atoms with Gasteiger partial charge >= 0.3 is 6.03 Å². The molecule has 2 fully saturated rings. The Balaban J connectivity index is 1.47. The van der Waals surface area contributed by atoms with Gasteiger partial charge in [0.2, 0.25) is 5.91 Å². The van der Waals surface area contributed by atoms with Gasteiger partial charge in [0, 0.05) is 13.1 Å². The topological polar surface area (TPSA) is 79.9 Å². The summed E-state index contributed by atoms with van der Waals surface area (Å²) in [6, 6.07) is 5.29. The van der Waals surface area contributed by atoms with Crippen LogP contribution in [0.3, 0.4) is 0 Å². The summed E-state index contributed by atoms with van der Waals surface area (Å²) in [7, 11) is 0. The Bertz CT molecular complexity index is 693. The number of nitrogens with one attached hydrogen (secondary N) is 2. The molecule has 2 saturated heterocycles. The third-order valence-electron chi connectivity index (χ3n) is 5.30. The molecule has 0 aliphatic carbocycles. The SMILES string of the molecule is O=C1NCCCC[C@H]1NC(=O)N1CCC[C@@H]1c1ccc2c(c1)OCCO2. The normalized spacial score (nSPS) is 25.4. The Morgan fingerprint density at radius 1 is 1.12 bits per heavy atom. The molecule has 1 aromatic carbocycles. The highest BCUT2D eigenvalue weighted by atomic mass is 16.6. The van der Waals surface area contributed by atoms with Crippen molar-refractivity contribution in [3.63, 3.8) is 0 Å². The van der Waals surface area contributed by atoms with Crippen LogP contribution < -0.4 is 20.1 Å². The number of carbonyl (C=O) groups is 2. The summed E-state index contributed by atoms with van der Waals surface area (Å²) in [5.74, 6) is 1.42. The summed E-state index contributed by atoms with van der Waals surface area (Å²) in [5.41, 5.74) is 1.05. The van der Waals surface area contributed by atoms with Crippen molar-refractivity contribution in [2.24, 2.45) is 0 Å². The minimum absolute atomic E-state index is 0.000309. The van der Waals surface area contributed by atoms with Crippen LogP contribution in [-0.2, 0) is 4.79 Å². The second kappa shape index (κ2) is 7.43. The quantitative estimate of drug-likeness (QED) is 0.846. The number of carbonyl (C=O) groups excluding carboxylic acids is 2. The fraction of sp³-hybridized carbons (Fsp3) is 0.579. The van der Waals surface area contributed by atoms with Crippen molar-refractivity contribution in [2.75, 3.05) is 26.3 Å². The Hall–Kier alpha value is -2.44. The van der Waals surface area contributed by atoms with Gasteiger partial charge in [-0.2, -0.15) is 0 Å². The monoisotopic (exact) mass is 359 g/mol. The molecule has 2 N–H and O–H groups in total. The maximum atomic E-state index is 12.8. The first kappa shape index (κ1) is 17.0. The van der Waals surface area contributed by atoms with E-state index in [4.69, 9.17) is 9.47 Å². The lowest BCUT2D eigenvalue weighted by Gasteiger charge is -2.28. The maximum Gasteiger partial charge on any atom is 0.318 e. The average Bonchev–Trinajstić information content (AvgIpc) is 3.07. The van der Waals surface area contributed by atoms with Crippen LogP contribution in [0.2, 0.25) is 0 Å². The van der Waals surface area contributed by atoms with Crippen LogP contribution in [0.1, 0.15) is 43.7 Å². The molecule has 2 atom stereocenters. The van der Waals surface area contributed by atoms with Crippen LogP contribution in [0.4, 0.5) is 4.79 Å². The highest BCUT2D eigenvalue weighted by Gasteiger charge is 2.33. The van der Waals surface area contributed by atoms with Gasteiger partial charge in [0.15, 0.2) is 11.5 Å². The van der Waals surface area contributed by atoms with Crippen molar-refractivity contribution in [2.45, 2.75) is 44.2 Å². The third-order valence-corrected chi connectivity index (χ3v) is 5.30. The molecule has 0 saturated carbocycles. The van der Waals surface area contributed by atoms with E-state index >= 15 is 0 Å². The van der Waals surface area contributed by atoms with Crippen LogP contribution in [0, 0.1) is 0 Å². The maximum absolute atomic E-state index is 12.8. The summed E-state index contributed by atoms with van der Waals surface area (Å²) >= 11 is 0. The number of likely N-dealkylation sites (tertiary alicyclic amines) is 1. The molecule has 4 rings (SSSR count). The molecule has 1 aromatic rings. The lowest BCUT2D eigenvalue weighted by Crippen LogP contribution is -2.50. The molecule has 140 valence electrons. The van der Waals surface area contributed by atoms with Crippen LogP contribution >= 0.6 is 0 Å². The lowest BCUT2D eigenvalue weighted by atomic mass is 10.0. The lowest BCUT2D eigenvalue weighted by molar-refractivity contribution is -0.122. The van der Waals surface area contributed by atoms with E-state index in [-0.39, 0.29) is 18.0 Å². The van der Waals surface area contributed by atoms with E-state index in [1.165, 1.54) is 0 Å². The van der Waals surface area contributed by atoms with Gasteiger partial charge in [-0.1, -0.05) is 6.07 Å². The molecule has 3 aliphatic heterocycles. The highest BCUT2D eigenvalue weighted by Crippen LogP contribution is 2.38. The van der Waals surface area contributed by atoms with Crippen LogP contribution in [0.5, 0.6) is 11.5 Å². The van der Waals surface area contributed by atoms with Crippen molar-refractivity contribution in [1.82, 2.24) is 15.5 Å². The number of nitrogens with zero attached hydrogens (tertiary/aromatic N) is 1. The van der Waals surface area contributed by atoms with Gasteiger partial charge in [0.05, 0.1) is 6.04 Å². The van der Waals surface area contributed by atoms with E-state index in [0.717, 1.165) is 42.7 Å². The minimum Gasteiger partial charge on any atom is -0.486 e.